The van der Waals surface area contributed by atoms with Gasteiger partial charge in [-0.15, -0.1) is 0 Å². The third-order valence-corrected chi connectivity index (χ3v) is 5.81. The van der Waals surface area contributed by atoms with Crippen molar-refractivity contribution in [1.29, 1.82) is 0 Å². The standard InChI is InChI=1S/C23H19Cl2F3N2O3/c1-13-16(23(26,27)28)3-2-4-19(13)29-12-20-17(24)11-18(25)21(31)30(20)10-9-14-5-7-15(8-6-14)22(32)33/h2-8,11,29H,9-10,12H2,1H3,(H,32,33). The second-order valence-electron chi connectivity index (χ2n) is 7.33. The number of carboxylic acids is 1. The first-order valence-electron chi connectivity index (χ1n) is 9.79. The van der Waals surface area contributed by atoms with Crippen LogP contribution in [0.15, 0.2) is 53.3 Å². The second kappa shape index (κ2) is 9.89. The van der Waals surface area contributed by atoms with Crippen LogP contribution >= 0.6 is 23.2 Å². The van der Waals surface area contributed by atoms with Gasteiger partial charge in [0.15, 0.2) is 0 Å². The zero-order valence-corrected chi connectivity index (χ0v) is 18.9. The summed E-state index contributed by atoms with van der Waals surface area (Å²) >= 11 is 12.3. The van der Waals surface area contributed by atoms with Crippen molar-refractivity contribution in [3.8, 4) is 0 Å². The van der Waals surface area contributed by atoms with Crippen LogP contribution in [0.3, 0.4) is 0 Å². The van der Waals surface area contributed by atoms with E-state index in [1.54, 1.807) is 12.1 Å². The summed E-state index contributed by atoms with van der Waals surface area (Å²) in [4.78, 5) is 23.7. The number of halogens is 5. The van der Waals surface area contributed by atoms with Gasteiger partial charge in [-0.2, -0.15) is 13.2 Å². The molecule has 1 aromatic heterocycles. The highest BCUT2D eigenvalue weighted by atomic mass is 35.5. The molecule has 0 aliphatic rings. The van der Waals surface area contributed by atoms with E-state index in [4.69, 9.17) is 28.3 Å². The number of aromatic nitrogens is 1. The zero-order chi connectivity index (χ0) is 24.3. The summed E-state index contributed by atoms with van der Waals surface area (Å²) in [6.45, 7) is 1.54. The van der Waals surface area contributed by atoms with E-state index in [9.17, 15) is 22.8 Å². The van der Waals surface area contributed by atoms with Crippen molar-refractivity contribution in [3.05, 3.63) is 96.9 Å². The SMILES string of the molecule is Cc1c(NCc2c(Cl)cc(Cl)c(=O)n2CCc2ccc(C(=O)O)cc2)cccc1C(F)(F)F. The predicted molar refractivity (Wildman–Crippen MR) is 121 cm³/mol. The highest BCUT2D eigenvalue weighted by Crippen LogP contribution is 2.34. The molecule has 0 saturated carbocycles. The topological polar surface area (TPSA) is 71.3 Å². The molecule has 3 rings (SSSR count). The largest absolute Gasteiger partial charge is 0.478 e. The fourth-order valence-corrected chi connectivity index (χ4v) is 3.97. The molecule has 3 aromatic rings. The Morgan fingerprint density at radius 2 is 1.76 bits per heavy atom. The van der Waals surface area contributed by atoms with Crippen LogP contribution in [0.2, 0.25) is 10.0 Å². The average Bonchev–Trinajstić information content (AvgIpc) is 2.75. The molecule has 1 heterocycles. The van der Waals surface area contributed by atoms with Gasteiger partial charge in [0.05, 0.1) is 28.4 Å². The monoisotopic (exact) mass is 498 g/mol. The Bertz CT molecular complexity index is 1240. The molecule has 0 amide bonds. The number of hydrogen-bond donors (Lipinski definition) is 2. The number of benzene rings is 2. The lowest BCUT2D eigenvalue weighted by Gasteiger charge is -2.19. The molecule has 0 radical (unpaired) electrons. The fourth-order valence-electron chi connectivity index (χ4n) is 3.42. The van der Waals surface area contributed by atoms with Crippen LogP contribution in [0.25, 0.3) is 0 Å². The number of carboxylic acid groups (broad SMARTS) is 1. The van der Waals surface area contributed by atoms with Crippen molar-refractivity contribution in [2.45, 2.75) is 32.6 Å². The molecule has 174 valence electrons. The van der Waals surface area contributed by atoms with Gasteiger partial charge >= 0.3 is 12.1 Å². The van der Waals surface area contributed by atoms with Crippen LogP contribution in [0.5, 0.6) is 0 Å². The molecule has 0 bridgehead atoms. The van der Waals surface area contributed by atoms with E-state index in [0.717, 1.165) is 11.6 Å². The molecule has 2 N–H and O–H groups in total. The van der Waals surface area contributed by atoms with Gasteiger partial charge < -0.3 is 15.0 Å². The number of pyridine rings is 1. The summed E-state index contributed by atoms with van der Waals surface area (Å²) in [6, 6.07) is 11.3. The number of aryl methyl sites for hydroxylation is 1. The van der Waals surface area contributed by atoms with Gasteiger partial charge in [-0.1, -0.05) is 41.4 Å². The van der Waals surface area contributed by atoms with E-state index in [1.165, 1.54) is 41.8 Å². The van der Waals surface area contributed by atoms with Crippen LogP contribution in [0.1, 0.15) is 32.7 Å². The summed E-state index contributed by atoms with van der Waals surface area (Å²) in [6.07, 6.45) is -4.11. The van der Waals surface area contributed by atoms with Gasteiger partial charge in [0.2, 0.25) is 0 Å². The summed E-state index contributed by atoms with van der Waals surface area (Å²) < 4.78 is 41.0. The van der Waals surface area contributed by atoms with Gasteiger partial charge in [0.1, 0.15) is 5.02 Å². The average molecular weight is 499 g/mol. The first-order valence-corrected chi connectivity index (χ1v) is 10.5. The molecule has 0 fully saturated rings. The second-order valence-corrected chi connectivity index (χ2v) is 8.14. The minimum Gasteiger partial charge on any atom is -0.478 e. The Morgan fingerprint density at radius 1 is 1.09 bits per heavy atom. The number of nitrogens with one attached hydrogen (secondary N) is 1. The molecule has 2 aromatic carbocycles. The molecule has 0 spiro atoms. The van der Waals surface area contributed by atoms with E-state index in [1.807, 2.05) is 0 Å². The van der Waals surface area contributed by atoms with Gasteiger partial charge in [-0.3, -0.25) is 4.79 Å². The van der Waals surface area contributed by atoms with E-state index >= 15 is 0 Å². The Hall–Kier alpha value is -2.97. The molecule has 33 heavy (non-hydrogen) atoms. The van der Waals surface area contributed by atoms with E-state index < -0.39 is 23.3 Å². The number of anilines is 1. The van der Waals surface area contributed by atoms with Crippen LogP contribution in [0.4, 0.5) is 18.9 Å². The molecular formula is C23H19Cl2F3N2O3. The number of alkyl halides is 3. The minimum absolute atomic E-state index is 0.00859. The van der Waals surface area contributed by atoms with Crippen molar-refractivity contribution in [2.24, 2.45) is 0 Å². The highest BCUT2D eigenvalue weighted by Gasteiger charge is 2.32. The van der Waals surface area contributed by atoms with E-state index in [-0.39, 0.29) is 39.9 Å². The number of carbonyl (C=O) groups is 1. The summed E-state index contributed by atoms with van der Waals surface area (Å²) in [5.74, 6) is -1.04. The van der Waals surface area contributed by atoms with Gasteiger partial charge in [-0.05, 0) is 54.8 Å². The number of rotatable bonds is 7. The number of hydrogen-bond acceptors (Lipinski definition) is 3. The maximum Gasteiger partial charge on any atom is 0.416 e. The van der Waals surface area contributed by atoms with Crippen LogP contribution in [0, 0.1) is 6.92 Å². The Kier molecular flexibility index (Phi) is 7.39. The molecule has 0 aliphatic carbocycles. The van der Waals surface area contributed by atoms with E-state index in [2.05, 4.69) is 5.32 Å². The molecular weight excluding hydrogens is 480 g/mol. The van der Waals surface area contributed by atoms with Crippen molar-refractivity contribution in [1.82, 2.24) is 4.57 Å². The Morgan fingerprint density at radius 3 is 2.36 bits per heavy atom. The predicted octanol–water partition coefficient (Wildman–Crippen LogP) is 6.04. The maximum absolute atomic E-state index is 13.2. The quantitative estimate of drug-likeness (QED) is 0.416. The molecule has 5 nitrogen and oxygen atoms in total. The molecule has 10 heteroatoms. The van der Waals surface area contributed by atoms with Crippen LogP contribution in [-0.2, 0) is 25.7 Å². The molecule has 0 aliphatic heterocycles. The van der Waals surface area contributed by atoms with Gasteiger partial charge in [0, 0.05) is 12.2 Å². The van der Waals surface area contributed by atoms with Crippen molar-refractivity contribution in [3.63, 3.8) is 0 Å². The van der Waals surface area contributed by atoms with Gasteiger partial charge in [-0.25, -0.2) is 4.79 Å². The highest BCUT2D eigenvalue weighted by molar-refractivity contribution is 6.34. The smallest absolute Gasteiger partial charge is 0.416 e. The first kappa shape index (κ1) is 24.7. The van der Waals surface area contributed by atoms with Crippen LogP contribution < -0.4 is 10.9 Å². The van der Waals surface area contributed by atoms with Crippen molar-refractivity contribution >= 4 is 34.9 Å². The van der Waals surface area contributed by atoms with Crippen molar-refractivity contribution < 1.29 is 23.1 Å². The third kappa shape index (κ3) is 5.69. The lowest BCUT2D eigenvalue weighted by molar-refractivity contribution is -0.138. The fraction of sp³-hybridized carbons (Fsp3) is 0.217. The van der Waals surface area contributed by atoms with Crippen LogP contribution in [-0.4, -0.2) is 15.6 Å². The Labute approximate surface area is 197 Å². The molecule has 0 saturated heterocycles. The molecule has 0 unspecified atom stereocenters. The number of aromatic carboxylic acids is 1. The lowest BCUT2D eigenvalue weighted by atomic mass is 10.1. The Balaban J connectivity index is 1.87. The summed E-state index contributed by atoms with van der Waals surface area (Å²) in [7, 11) is 0. The normalized spacial score (nSPS) is 11.5. The summed E-state index contributed by atoms with van der Waals surface area (Å²) in [5, 5.41) is 12.1. The van der Waals surface area contributed by atoms with Gasteiger partial charge in [0.25, 0.3) is 5.56 Å². The maximum atomic E-state index is 13.2. The third-order valence-electron chi connectivity index (χ3n) is 5.21. The molecule has 0 atom stereocenters. The zero-order valence-electron chi connectivity index (χ0n) is 17.3. The van der Waals surface area contributed by atoms with E-state index in [0.29, 0.717) is 12.1 Å². The first-order chi connectivity index (χ1) is 15.5. The summed E-state index contributed by atoms with van der Waals surface area (Å²) in [5.41, 5.74) is 0.350. The number of nitrogens with zero attached hydrogens (tertiary/aromatic N) is 1. The van der Waals surface area contributed by atoms with Crippen molar-refractivity contribution in [2.75, 3.05) is 5.32 Å². The lowest BCUT2D eigenvalue weighted by Crippen LogP contribution is -2.26. The minimum atomic E-state index is -4.49.